The molecular weight excluding hydrogens is 252 g/mol. The molecule has 17 heavy (non-hydrogen) atoms. The van der Waals surface area contributed by atoms with Crippen molar-refractivity contribution >= 4 is 44.0 Å². The fraction of sp³-hybridized carbons (Fsp3) is 0. The Labute approximate surface area is 108 Å². The molecule has 3 aromatic rings. The molecule has 0 amide bonds. The summed E-state index contributed by atoms with van der Waals surface area (Å²) in [5, 5.41) is 4.88. The van der Waals surface area contributed by atoms with Gasteiger partial charge in [-0.05, 0) is 24.3 Å². The van der Waals surface area contributed by atoms with Crippen molar-refractivity contribution in [2.45, 2.75) is 0 Å². The molecular formula is C13H9ClN2S. The van der Waals surface area contributed by atoms with Crippen LogP contribution in [-0.2, 0) is 0 Å². The molecule has 84 valence electrons. The van der Waals surface area contributed by atoms with E-state index in [0.29, 0.717) is 0 Å². The second kappa shape index (κ2) is 4.35. The second-order valence-electron chi connectivity index (χ2n) is 3.60. The predicted octanol–water partition coefficient (Wildman–Crippen LogP) is 4.69. The van der Waals surface area contributed by atoms with E-state index in [9.17, 15) is 0 Å². The lowest BCUT2D eigenvalue weighted by Crippen LogP contribution is -1.87. The van der Waals surface area contributed by atoms with Gasteiger partial charge in [-0.2, -0.15) is 0 Å². The molecule has 2 aromatic carbocycles. The van der Waals surface area contributed by atoms with Gasteiger partial charge in [0, 0.05) is 5.69 Å². The normalized spacial score (nSPS) is 10.6. The summed E-state index contributed by atoms with van der Waals surface area (Å²) in [6, 6.07) is 15.7. The topological polar surface area (TPSA) is 24.9 Å². The van der Waals surface area contributed by atoms with E-state index >= 15 is 0 Å². The molecule has 0 aliphatic heterocycles. The quantitative estimate of drug-likeness (QED) is 0.723. The highest BCUT2D eigenvalue weighted by atomic mass is 35.5. The van der Waals surface area contributed by atoms with E-state index in [1.165, 1.54) is 0 Å². The zero-order chi connectivity index (χ0) is 11.7. The summed E-state index contributed by atoms with van der Waals surface area (Å²) in [5.41, 5.74) is 1.96. The molecule has 0 saturated heterocycles. The maximum absolute atomic E-state index is 6.12. The fourth-order valence-corrected chi connectivity index (χ4v) is 2.79. The molecule has 1 heterocycles. The first-order valence-corrected chi connectivity index (χ1v) is 6.39. The van der Waals surface area contributed by atoms with E-state index in [0.717, 1.165) is 26.1 Å². The Morgan fingerprint density at radius 1 is 1.00 bits per heavy atom. The number of nitrogens with zero attached hydrogens (tertiary/aromatic N) is 1. The van der Waals surface area contributed by atoms with E-state index in [1.807, 2.05) is 48.5 Å². The van der Waals surface area contributed by atoms with Crippen LogP contribution in [0.25, 0.3) is 10.2 Å². The van der Waals surface area contributed by atoms with Crippen molar-refractivity contribution < 1.29 is 0 Å². The third-order valence-electron chi connectivity index (χ3n) is 2.39. The summed E-state index contributed by atoms with van der Waals surface area (Å²) in [5.74, 6) is 0. The van der Waals surface area contributed by atoms with Crippen LogP contribution in [0.3, 0.4) is 0 Å². The molecule has 3 rings (SSSR count). The second-order valence-corrected chi connectivity index (χ2v) is 5.00. The number of aromatic nitrogens is 1. The zero-order valence-corrected chi connectivity index (χ0v) is 10.4. The minimum absolute atomic E-state index is 0.751. The van der Waals surface area contributed by atoms with Gasteiger partial charge in [-0.3, -0.25) is 0 Å². The fourth-order valence-electron chi connectivity index (χ4n) is 1.61. The van der Waals surface area contributed by atoms with Gasteiger partial charge in [0.1, 0.15) is 0 Å². The van der Waals surface area contributed by atoms with Crippen molar-refractivity contribution in [2.24, 2.45) is 0 Å². The van der Waals surface area contributed by atoms with Crippen LogP contribution >= 0.6 is 22.9 Å². The third-order valence-corrected chi connectivity index (χ3v) is 3.84. The number of para-hydroxylation sites is 1. The molecule has 0 atom stereocenters. The van der Waals surface area contributed by atoms with Crippen LogP contribution in [0, 0.1) is 0 Å². The standard InChI is InChI=1S/C13H9ClN2S/c14-10-7-4-8-11-12(10)17-13(16-11)15-9-5-2-1-3-6-9/h1-8H,(H,15,16). The number of anilines is 2. The van der Waals surface area contributed by atoms with Crippen LogP contribution in [0.2, 0.25) is 5.02 Å². The van der Waals surface area contributed by atoms with Crippen molar-refractivity contribution in [1.29, 1.82) is 0 Å². The number of hydrogen-bond donors (Lipinski definition) is 1. The summed E-state index contributed by atoms with van der Waals surface area (Å²) in [6.07, 6.45) is 0. The van der Waals surface area contributed by atoms with Crippen molar-refractivity contribution in [3.05, 3.63) is 53.6 Å². The van der Waals surface area contributed by atoms with Gasteiger partial charge in [0.15, 0.2) is 5.13 Å². The van der Waals surface area contributed by atoms with Crippen molar-refractivity contribution in [1.82, 2.24) is 4.98 Å². The maximum atomic E-state index is 6.12. The Morgan fingerprint density at radius 2 is 1.82 bits per heavy atom. The first kappa shape index (κ1) is 10.6. The molecule has 0 saturated carbocycles. The summed E-state index contributed by atoms with van der Waals surface area (Å²) < 4.78 is 1.02. The highest BCUT2D eigenvalue weighted by Gasteiger charge is 2.06. The van der Waals surface area contributed by atoms with E-state index < -0.39 is 0 Å². The molecule has 2 nitrogen and oxygen atoms in total. The van der Waals surface area contributed by atoms with Crippen molar-refractivity contribution in [3.8, 4) is 0 Å². The minimum atomic E-state index is 0.751. The summed E-state index contributed by atoms with van der Waals surface area (Å²) >= 11 is 7.68. The van der Waals surface area contributed by atoms with E-state index in [-0.39, 0.29) is 0 Å². The lowest BCUT2D eigenvalue weighted by Gasteiger charge is -1.99. The van der Waals surface area contributed by atoms with Crippen LogP contribution in [0.15, 0.2) is 48.5 Å². The Hall–Kier alpha value is -1.58. The van der Waals surface area contributed by atoms with Crippen LogP contribution < -0.4 is 5.32 Å². The van der Waals surface area contributed by atoms with E-state index in [4.69, 9.17) is 11.6 Å². The number of nitrogens with one attached hydrogen (secondary N) is 1. The molecule has 0 spiro atoms. The molecule has 0 unspecified atom stereocenters. The smallest absolute Gasteiger partial charge is 0.188 e. The lowest BCUT2D eigenvalue weighted by atomic mass is 10.3. The van der Waals surface area contributed by atoms with Crippen LogP contribution in [0.4, 0.5) is 10.8 Å². The first-order chi connectivity index (χ1) is 8.33. The number of benzene rings is 2. The SMILES string of the molecule is Clc1cccc2nc(Nc3ccccc3)sc12. The molecule has 0 bridgehead atoms. The van der Waals surface area contributed by atoms with Crippen LogP contribution in [0.5, 0.6) is 0 Å². The average Bonchev–Trinajstić information content (AvgIpc) is 2.74. The number of rotatable bonds is 2. The highest BCUT2D eigenvalue weighted by molar-refractivity contribution is 7.22. The van der Waals surface area contributed by atoms with Gasteiger partial charge in [-0.1, -0.05) is 47.2 Å². The lowest BCUT2D eigenvalue weighted by molar-refractivity contribution is 1.44. The Morgan fingerprint density at radius 3 is 2.59 bits per heavy atom. The van der Waals surface area contributed by atoms with Gasteiger partial charge in [0.2, 0.25) is 0 Å². The molecule has 1 aromatic heterocycles. The molecule has 0 radical (unpaired) electrons. The summed E-state index contributed by atoms with van der Waals surface area (Å²) in [6.45, 7) is 0. The van der Waals surface area contributed by atoms with Gasteiger partial charge in [0.05, 0.1) is 15.2 Å². The Bertz CT molecular complexity index is 649. The summed E-state index contributed by atoms with van der Waals surface area (Å²) in [4.78, 5) is 4.49. The largest absolute Gasteiger partial charge is 0.332 e. The van der Waals surface area contributed by atoms with Gasteiger partial charge in [-0.25, -0.2) is 4.98 Å². The number of thiazole rings is 1. The predicted molar refractivity (Wildman–Crippen MR) is 74.4 cm³/mol. The van der Waals surface area contributed by atoms with Gasteiger partial charge < -0.3 is 5.32 Å². The first-order valence-electron chi connectivity index (χ1n) is 5.20. The van der Waals surface area contributed by atoms with E-state index in [2.05, 4.69) is 10.3 Å². The van der Waals surface area contributed by atoms with Crippen LogP contribution in [0.1, 0.15) is 0 Å². The van der Waals surface area contributed by atoms with Gasteiger partial charge in [-0.15, -0.1) is 0 Å². The molecule has 0 fully saturated rings. The molecule has 0 aliphatic rings. The Kier molecular flexibility index (Phi) is 2.71. The number of halogens is 1. The maximum Gasteiger partial charge on any atom is 0.188 e. The van der Waals surface area contributed by atoms with Crippen molar-refractivity contribution in [2.75, 3.05) is 5.32 Å². The third kappa shape index (κ3) is 2.12. The highest BCUT2D eigenvalue weighted by Crippen LogP contribution is 2.32. The van der Waals surface area contributed by atoms with Crippen LogP contribution in [-0.4, -0.2) is 4.98 Å². The summed E-state index contributed by atoms with van der Waals surface area (Å²) in [7, 11) is 0. The van der Waals surface area contributed by atoms with Crippen molar-refractivity contribution in [3.63, 3.8) is 0 Å². The molecule has 1 N–H and O–H groups in total. The number of fused-ring (bicyclic) bond motifs is 1. The minimum Gasteiger partial charge on any atom is -0.332 e. The van der Waals surface area contributed by atoms with Gasteiger partial charge in [0.25, 0.3) is 0 Å². The molecule has 4 heteroatoms. The number of hydrogen-bond acceptors (Lipinski definition) is 3. The average molecular weight is 261 g/mol. The van der Waals surface area contributed by atoms with Gasteiger partial charge >= 0.3 is 0 Å². The zero-order valence-electron chi connectivity index (χ0n) is 8.85. The van der Waals surface area contributed by atoms with E-state index in [1.54, 1.807) is 11.3 Å². The Balaban J connectivity index is 1.99. The molecule has 0 aliphatic carbocycles. The monoisotopic (exact) mass is 260 g/mol.